The van der Waals surface area contributed by atoms with Crippen LogP contribution in [0.25, 0.3) is 54.5 Å². The van der Waals surface area contributed by atoms with E-state index in [0.717, 1.165) is 129 Å². The molecule has 0 aliphatic carbocycles. The smallest absolute Gasteiger partial charge is 0.338 e. The summed E-state index contributed by atoms with van der Waals surface area (Å²) in [6.45, 7) is 24.6. The van der Waals surface area contributed by atoms with E-state index in [1.165, 1.54) is 95.1 Å². The quantitative estimate of drug-likeness (QED) is 0.0312. The molecule has 0 radical (unpaired) electrons. The van der Waals surface area contributed by atoms with Crippen molar-refractivity contribution in [1.29, 1.82) is 0 Å². The van der Waals surface area contributed by atoms with Crippen LogP contribution in [0.5, 0.6) is 0 Å². The zero-order valence-corrected chi connectivity index (χ0v) is 79.8. The van der Waals surface area contributed by atoms with Gasteiger partial charge in [-0.25, -0.2) is 34.7 Å². The SMILES string of the molecule is CC(C)(C)OC(=O)c1ccc(CBr)cc1.CN1CC2CN(Cc3[nH]c4ccccc4c32)C1=O.CN1CC2CN(Cc3c2c2ccccc2n3Cc2ccc(C(=O)O)cc2)C1=O.CN1CC2CN(Cc3c2c2ccccc2n3Cc2ccc(C(=O)OC(C)(C)C)cc2)C1=O.CNC(=O)C1CNCc2[nH]c3ccccc3c21.CNCC1CNCc2[nH]c3ccccc3c21.NOC1CCCCO1. The van der Waals surface area contributed by atoms with Crippen LogP contribution < -0.4 is 27.2 Å². The number of benzene rings is 8. The summed E-state index contributed by atoms with van der Waals surface area (Å²) < 4.78 is 20.4. The van der Waals surface area contributed by atoms with E-state index in [1.807, 2.05) is 172 Å². The zero-order chi connectivity index (χ0) is 94.4. The summed E-state index contributed by atoms with van der Waals surface area (Å²) in [6.07, 6.45) is 3.11. The number of amides is 7. The van der Waals surface area contributed by atoms with E-state index in [1.54, 1.807) is 31.3 Å². The molecule has 14 heterocycles. The van der Waals surface area contributed by atoms with Crippen molar-refractivity contribution < 1.29 is 57.7 Å². The molecule has 0 saturated carbocycles. The summed E-state index contributed by atoms with van der Waals surface area (Å²) in [5, 5.41) is 29.1. The van der Waals surface area contributed by atoms with Gasteiger partial charge in [0, 0.05) is 238 Å². The molecule has 13 aromatic rings. The molecule has 6 atom stereocenters. The van der Waals surface area contributed by atoms with Crippen molar-refractivity contribution in [1.82, 2.24) is 74.8 Å². The second kappa shape index (κ2) is 41.1. The lowest BCUT2D eigenvalue weighted by molar-refractivity contribution is -0.164. The maximum atomic E-state index is 12.6. The predicted octanol–water partition coefficient (Wildman–Crippen LogP) is 16.7. The van der Waals surface area contributed by atoms with E-state index in [0.29, 0.717) is 74.1 Å². The number of aromatic carboxylic acids is 1. The molecule has 0 spiro atoms. The van der Waals surface area contributed by atoms with Crippen LogP contribution in [0.1, 0.15) is 194 Å². The number of nitrogens with zero attached hydrogens (tertiary/aromatic N) is 8. The normalized spacial score (nSPS) is 19.1. The average Bonchev–Trinajstić information content (AvgIpc) is 1.58. The van der Waals surface area contributed by atoms with Crippen LogP contribution in [0.15, 0.2) is 194 Å². The molecular formula is C105H123BrN16O12. The van der Waals surface area contributed by atoms with Crippen molar-refractivity contribution in [3.8, 4) is 0 Å². The van der Waals surface area contributed by atoms with Gasteiger partial charge in [0.2, 0.25) is 5.91 Å². The minimum Gasteiger partial charge on any atom is -0.478 e. The number of carboxylic acids is 1. The number of hydrogen-bond acceptors (Lipinski definition) is 15. The second-order valence-corrected chi connectivity index (χ2v) is 38.5. The molecule has 6 unspecified atom stereocenters. The molecule has 6 bridgehead atoms. The van der Waals surface area contributed by atoms with Gasteiger partial charge in [0.05, 0.1) is 42.2 Å². The number of likely N-dealkylation sites (N-methyl/N-ethyl adjacent to an activating group) is 5. The number of ether oxygens (including phenoxy) is 3. The maximum absolute atomic E-state index is 12.6. The first-order chi connectivity index (χ1) is 64.5. The van der Waals surface area contributed by atoms with Gasteiger partial charge in [-0.2, -0.15) is 0 Å². The Morgan fingerprint density at radius 3 is 1.31 bits per heavy atom. The third-order valence-corrected chi connectivity index (χ3v) is 26.8. The summed E-state index contributed by atoms with van der Waals surface area (Å²) in [4.78, 5) is 110. The van der Waals surface area contributed by atoms with Gasteiger partial charge in [-0.1, -0.05) is 143 Å². The van der Waals surface area contributed by atoms with Gasteiger partial charge in [0.25, 0.3) is 0 Å². The van der Waals surface area contributed by atoms with E-state index >= 15 is 0 Å². The van der Waals surface area contributed by atoms with E-state index in [9.17, 15) is 33.6 Å². The largest absolute Gasteiger partial charge is 0.478 e. The first-order valence-electron chi connectivity index (χ1n) is 46.3. The average molecular weight is 1880 g/mol. The van der Waals surface area contributed by atoms with E-state index in [2.05, 4.69) is 163 Å². The lowest BCUT2D eigenvalue weighted by Gasteiger charge is -2.42. The number of hydrogen-bond donors (Lipinski definition) is 9. The molecule has 29 heteroatoms. The topological polar surface area (TPSA) is 327 Å². The number of nitrogens with two attached hydrogens (primary N) is 1. The van der Waals surface area contributed by atoms with Crippen molar-refractivity contribution in [3.05, 3.63) is 284 Å². The number of alkyl halides is 1. The Hall–Kier alpha value is -12.6. The number of rotatable bonds is 12. The summed E-state index contributed by atoms with van der Waals surface area (Å²) in [5.74, 6) is 5.00. The van der Waals surface area contributed by atoms with E-state index in [-0.39, 0.29) is 53.7 Å². The molecule has 5 aromatic heterocycles. The Balaban J connectivity index is 0.000000117. The fourth-order valence-electron chi connectivity index (χ4n) is 20.2. The number of aromatic nitrogens is 5. The van der Waals surface area contributed by atoms with Crippen molar-refractivity contribution in [2.45, 2.75) is 159 Å². The molecule has 702 valence electrons. The summed E-state index contributed by atoms with van der Waals surface area (Å²) in [6, 6.07) is 64.5. The lowest BCUT2D eigenvalue weighted by atomic mass is 9.90. The minimum absolute atomic E-state index is 0.0724. The monoisotopic (exact) mass is 1880 g/mol. The minimum atomic E-state index is -0.918. The molecule has 28 nitrogen and oxygen atoms in total. The number of carbonyl (C=O) groups is 7. The highest BCUT2D eigenvalue weighted by atomic mass is 79.9. The molecule has 4 saturated heterocycles. The molecule has 7 amide bonds. The van der Waals surface area contributed by atoms with Crippen molar-refractivity contribution in [3.63, 3.8) is 0 Å². The van der Waals surface area contributed by atoms with Crippen LogP contribution in [0.3, 0.4) is 0 Å². The van der Waals surface area contributed by atoms with E-state index in [4.69, 9.17) is 25.2 Å². The summed E-state index contributed by atoms with van der Waals surface area (Å²) >= 11 is 3.35. The number of para-hydroxylation sites is 5. The molecule has 22 rings (SSSR count). The van der Waals surface area contributed by atoms with Crippen LogP contribution in [0, 0.1) is 0 Å². The van der Waals surface area contributed by atoms with Gasteiger partial charge in [-0.3, -0.25) is 9.63 Å². The second-order valence-electron chi connectivity index (χ2n) is 38.0. The standard InChI is InChI=1S/C26H29N3O3.C22H21N3O3.C14H15N3O.C13H15N3O.C13H17N3.C12H15BrO2.C5H11NO2/c1-26(2,3)32-24(30)18-11-9-17(10-12-18)13-29-21-8-6-5-7-20(21)23-19-14-27(4)25(31)28(15-19)16-22(23)29;1-23-11-16-12-24(22(23)28)13-19-20(16)17-4-2-3-5-18(17)25(19)10-14-6-8-15(9-7-14)21(26)27;1-16-6-9-7-17(14(16)18)8-12-13(9)10-4-2-3-5-11(10)15-12;1-14-13(17)9-6-15-7-11-12(9)8-4-2-3-5-10(8)16-11;1-14-6-9-7-15-8-12-13(9)10-4-2-3-5-11(10)16-12;1-12(2,3)15-11(14)10-6-4-9(8-13)5-7-10;6-8-5-3-1-2-4-7-5/h5-12,19H,13-16H2,1-4H3;2-9,16H,10-13H2,1H3,(H,26,27);2-5,9,15H,6-8H2,1H3;2-5,9,15-16H,6-7H2,1H3,(H,14,17);2-5,9,14-16H,6-8H2,1H3;4-7H,8H2,1-3H3;5H,1-4,6H2. The lowest BCUT2D eigenvalue weighted by Crippen LogP contribution is -2.53. The summed E-state index contributed by atoms with van der Waals surface area (Å²) in [5.41, 5.74) is 22.6. The van der Waals surface area contributed by atoms with Gasteiger partial charge in [-0.05, 0) is 173 Å². The number of H-pyrrole nitrogens is 3. The molecule has 4 fully saturated rings. The van der Waals surface area contributed by atoms with Gasteiger partial charge >= 0.3 is 36.0 Å². The molecular weight excluding hydrogens is 1760 g/mol. The van der Waals surface area contributed by atoms with Crippen molar-refractivity contribution in [2.24, 2.45) is 5.90 Å². The molecule has 134 heavy (non-hydrogen) atoms. The van der Waals surface area contributed by atoms with Crippen LogP contribution in [0.2, 0.25) is 0 Å². The predicted molar refractivity (Wildman–Crippen MR) is 526 cm³/mol. The molecule has 8 aromatic carbocycles. The van der Waals surface area contributed by atoms with Crippen LogP contribution in [-0.4, -0.2) is 219 Å². The fraction of sp³-hybridized carbons (Fsp3) is 0.381. The van der Waals surface area contributed by atoms with Crippen molar-refractivity contribution in [2.75, 3.05) is 101 Å². The Morgan fingerprint density at radius 1 is 0.478 bits per heavy atom. The van der Waals surface area contributed by atoms with E-state index < -0.39 is 17.2 Å². The van der Waals surface area contributed by atoms with Gasteiger partial charge in [0.1, 0.15) is 11.2 Å². The Labute approximate surface area is 789 Å². The number of nitrogens with one attached hydrogen (secondary N) is 7. The molecule has 10 N–H and O–H groups in total. The fourth-order valence-corrected chi connectivity index (χ4v) is 20.6. The number of carboxylic acid groups (broad SMARTS) is 1. The van der Waals surface area contributed by atoms with Gasteiger partial charge in [0.15, 0.2) is 6.29 Å². The third-order valence-electron chi connectivity index (χ3n) is 26.2. The number of fused-ring (bicyclic) bond motifs is 24. The third kappa shape index (κ3) is 20.8. The number of halogens is 1. The van der Waals surface area contributed by atoms with Crippen molar-refractivity contribution >= 4 is 112 Å². The van der Waals surface area contributed by atoms with Crippen LogP contribution in [-0.2, 0) is 75.0 Å². The number of esters is 2. The van der Waals surface area contributed by atoms with Crippen LogP contribution >= 0.6 is 15.9 Å². The molecule has 9 aliphatic rings. The highest BCUT2D eigenvalue weighted by molar-refractivity contribution is 9.08. The van der Waals surface area contributed by atoms with Gasteiger partial charge < -0.3 is 94.1 Å². The highest BCUT2D eigenvalue weighted by Crippen LogP contribution is 2.44. The number of aromatic amines is 3. The first-order valence-corrected chi connectivity index (χ1v) is 47.4. The Morgan fingerprint density at radius 2 is 0.881 bits per heavy atom. The maximum Gasteiger partial charge on any atom is 0.338 e. The molecule has 9 aliphatic heterocycles. The first kappa shape index (κ1) is 94.6. The zero-order valence-electron chi connectivity index (χ0n) is 78.3. The Bertz CT molecular complexity index is 6430. The Kier molecular flexibility index (Phi) is 29.0. The van der Waals surface area contributed by atoms with Crippen LogP contribution in [0.4, 0.5) is 14.4 Å². The number of carbonyl (C=O) groups excluding carboxylic acids is 6. The van der Waals surface area contributed by atoms with Gasteiger partial charge in [-0.15, -0.1) is 0 Å². The highest BCUT2D eigenvalue weighted by Gasteiger charge is 2.43. The summed E-state index contributed by atoms with van der Waals surface area (Å²) in [7, 11) is 9.35. The number of urea groups is 3.